The van der Waals surface area contributed by atoms with E-state index in [0.29, 0.717) is 5.56 Å². The van der Waals surface area contributed by atoms with Crippen LogP contribution in [0.3, 0.4) is 0 Å². The van der Waals surface area contributed by atoms with E-state index in [-0.39, 0.29) is 11.2 Å². The summed E-state index contributed by atoms with van der Waals surface area (Å²) in [6.07, 6.45) is 1.74. The van der Waals surface area contributed by atoms with Crippen LogP contribution in [-0.2, 0) is 9.31 Å². The third-order valence-corrected chi connectivity index (χ3v) is 4.41. The summed E-state index contributed by atoms with van der Waals surface area (Å²) in [6, 6.07) is 9.51. The Hall–Kier alpha value is -1.90. The topological polar surface area (TPSA) is 55.1 Å². The number of rotatable bonds is 1. The number of aromatic nitrogens is 1. The maximum atomic E-state index is 9.09. The second-order valence-electron chi connectivity index (χ2n) is 6.33. The van der Waals surface area contributed by atoms with Crippen LogP contribution in [0.1, 0.15) is 33.3 Å². The number of nitriles is 1. The van der Waals surface area contributed by atoms with Crippen molar-refractivity contribution in [2.24, 2.45) is 0 Å². The van der Waals surface area contributed by atoms with E-state index >= 15 is 0 Å². The molecule has 1 aliphatic rings. The molecule has 0 saturated carbocycles. The SMILES string of the molecule is CC1(C)OB(c2ccnc3ccc(C#N)cc23)OC1(C)C. The molecule has 1 saturated heterocycles. The van der Waals surface area contributed by atoms with Gasteiger partial charge in [-0.05, 0) is 57.4 Å². The van der Waals surface area contributed by atoms with Crippen molar-refractivity contribution in [1.29, 1.82) is 5.26 Å². The maximum Gasteiger partial charge on any atom is 0.495 e. The van der Waals surface area contributed by atoms with Gasteiger partial charge < -0.3 is 9.31 Å². The standard InChI is InChI=1S/C16H17BN2O2/c1-15(2)16(3,4)21-17(20-15)13-7-8-19-14-6-5-11(10-18)9-12(13)14/h5-9H,1-4H3. The van der Waals surface area contributed by atoms with E-state index in [0.717, 1.165) is 16.4 Å². The van der Waals surface area contributed by atoms with E-state index in [4.69, 9.17) is 14.6 Å². The Kier molecular flexibility index (Phi) is 3.05. The predicted molar refractivity (Wildman–Crippen MR) is 82.2 cm³/mol. The van der Waals surface area contributed by atoms with Crippen LogP contribution in [0.5, 0.6) is 0 Å². The van der Waals surface area contributed by atoms with Crippen LogP contribution in [-0.4, -0.2) is 23.3 Å². The molecule has 5 heteroatoms. The van der Waals surface area contributed by atoms with Crippen LogP contribution in [0.2, 0.25) is 0 Å². The Labute approximate surface area is 124 Å². The van der Waals surface area contributed by atoms with Crippen molar-refractivity contribution in [3.05, 3.63) is 36.0 Å². The Morgan fingerprint density at radius 1 is 1.10 bits per heavy atom. The summed E-state index contributed by atoms with van der Waals surface area (Å²) in [4.78, 5) is 4.34. The minimum Gasteiger partial charge on any atom is -0.399 e. The lowest BCUT2D eigenvalue weighted by atomic mass is 9.77. The maximum absolute atomic E-state index is 9.09. The molecule has 2 aromatic rings. The number of benzene rings is 1. The van der Waals surface area contributed by atoms with Crippen LogP contribution in [0.15, 0.2) is 30.5 Å². The molecule has 3 rings (SSSR count). The zero-order valence-electron chi connectivity index (χ0n) is 12.7. The van der Waals surface area contributed by atoms with Gasteiger partial charge in [-0.25, -0.2) is 0 Å². The first-order chi connectivity index (χ1) is 9.84. The molecule has 1 aromatic carbocycles. The first-order valence-corrected chi connectivity index (χ1v) is 6.98. The highest BCUT2D eigenvalue weighted by Crippen LogP contribution is 2.36. The monoisotopic (exact) mass is 280 g/mol. The van der Waals surface area contributed by atoms with E-state index < -0.39 is 7.12 Å². The minimum atomic E-state index is -0.450. The van der Waals surface area contributed by atoms with Gasteiger partial charge in [0.25, 0.3) is 0 Å². The highest BCUT2D eigenvalue weighted by atomic mass is 16.7. The third-order valence-electron chi connectivity index (χ3n) is 4.41. The number of pyridine rings is 1. The van der Waals surface area contributed by atoms with Crippen LogP contribution >= 0.6 is 0 Å². The molecule has 106 valence electrons. The molecule has 1 fully saturated rings. The fourth-order valence-electron chi connectivity index (χ4n) is 2.41. The smallest absolute Gasteiger partial charge is 0.399 e. The first kappa shape index (κ1) is 14.1. The molecule has 21 heavy (non-hydrogen) atoms. The summed E-state index contributed by atoms with van der Waals surface area (Å²) < 4.78 is 12.2. The van der Waals surface area contributed by atoms with Crippen molar-refractivity contribution >= 4 is 23.5 Å². The molecule has 0 N–H and O–H groups in total. The van der Waals surface area contributed by atoms with Crippen LogP contribution in [0.4, 0.5) is 0 Å². The average Bonchev–Trinajstić information content (AvgIpc) is 2.66. The van der Waals surface area contributed by atoms with Gasteiger partial charge in [0, 0.05) is 11.6 Å². The molecule has 1 aliphatic heterocycles. The minimum absolute atomic E-state index is 0.389. The Morgan fingerprint density at radius 2 is 1.76 bits per heavy atom. The number of hydrogen-bond donors (Lipinski definition) is 0. The van der Waals surface area contributed by atoms with Crippen LogP contribution in [0, 0.1) is 11.3 Å². The first-order valence-electron chi connectivity index (χ1n) is 6.98. The number of hydrogen-bond acceptors (Lipinski definition) is 4. The van der Waals surface area contributed by atoms with Gasteiger partial charge in [0.05, 0.1) is 28.4 Å². The zero-order chi connectivity index (χ0) is 15.3. The number of nitrogens with zero attached hydrogens (tertiary/aromatic N) is 2. The van der Waals surface area contributed by atoms with Crippen molar-refractivity contribution < 1.29 is 9.31 Å². The zero-order valence-corrected chi connectivity index (χ0v) is 12.7. The van der Waals surface area contributed by atoms with Crippen LogP contribution in [0.25, 0.3) is 10.9 Å². The Bertz CT molecular complexity index is 734. The third kappa shape index (κ3) is 2.21. The van der Waals surface area contributed by atoms with Crippen molar-refractivity contribution in [2.75, 3.05) is 0 Å². The molecular weight excluding hydrogens is 263 g/mol. The van der Waals surface area contributed by atoms with Gasteiger partial charge in [0.2, 0.25) is 0 Å². The molecule has 1 aromatic heterocycles. The number of fused-ring (bicyclic) bond motifs is 1. The summed E-state index contributed by atoms with van der Waals surface area (Å²) >= 11 is 0. The van der Waals surface area contributed by atoms with Gasteiger partial charge in [-0.1, -0.05) is 0 Å². The second kappa shape index (κ2) is 4.55. The molecule has 0 radical (unpaired) electrons. The molecular formula is C16H17BN2O2. The molecule has 0 unspecified atom stereocenters. The lowest BCUT2D eigenvalue weighted by molar-refractivity contribution is 0.00578. The molecule has 0 aliphatic carbocycles. The van der Waals surface area contributed by atoms with Gasteiger partial charge in [0.1, 0.15) is 0 Å². The predicted octanol–water partition coefficient (Wildman–Crippen LogP) is 2.41. The van der Waals surface area contributed by atoms with Gasteiger partial charge in [-0.2, -0.15) is 5.26 Å². The molecule has 0 amide bonds. The normalized spacial score (nSPS) is 19.7. The molecule has 4 nitrogen and oxygen atoms in total. The van der Waals surface area contributed by atoms with Gasteiger partial charge in [-0.15, -0.1) is 0 Å². The summed E-state index contributed by atoms with van der Waals surface area (Å²) in [6.45, 7) is 8.10. The van der Waals surface area contributed by atoms with Crippen molar-refractivity contribution in [1.82, 2.24) is 4.98 Å². The molecule has 0 bridgehead atoms. The lowest BCUT2D eigenvalue weighted by Gasteiger charge is -2.32. The second-order valence-corrected chi connectivity index (χ2v) is 6.33. The lowest BCUT2D eigenvalue weighted by Crippen LogP contribution is -2.41. The summed E-state index contributed by atoms with van der Waals surface area (Å²) in [7, 11) is -0.450. The summed E-state index contributed by atoms with van der Waals surface area (Å²) in [5.74, 6) is 0. The van der Waals surface area contributed by atoms with Gasteiger partial charge in [-0.3, -0.25) is 4.98 Å². The Morgan fingerprint density at radius 3 is 2.38 bits per heavy atom. The van der Waals surface area contributed by atoms with Crippen molar-refractivity contribution in [3.8, 4) is 6.07 Å². The van der Waals surface area contributed by atoms with Gasteiger partial charge >= 0.3 is 7.12 Å². The van der Waals surface area contributed by atoms with E-state index in [9.17, 15) is 0 Å². The molecule has 0 spiro atoms. The van der Waals surface area contributed by atoms with Gasteiger partial charge in [0.15, 0.2) is 0 Å². The van der Waals surface area contributed by atoms with E-state index in [2.05, 4.69) is 11.1 Å². The summed E-state index contributed by atoms with van der Waals surface area (Å²) in [5, 5.41) is 9.98. The Balaban J connectivity index is 2.12. The van der Waals surface area contributed by atoms with E-state index in [1.165, 1.54) is 0 Å². The summed E-state index contributed by atoms with van der Waals surface area (Å²) in [5.41, 5.74) is 1.57. The molecule has 2 heterocycles. The average molecular weight is 280 g/mol. The van der Waals surface area contributed by atoms with Crippen LogP contribution < -0.4 is 5.46 Å². The fraction of sp³-hybridized carbons (Fsp3) is 0.375. The fourth-order valence-corrected chi connectivity index (χ4v) is 2.41. The van der Waals surface area contributed by atoms with Crippen molar-refractivity contribution in [3.63, 3.8) is 0 Å². The largest absolute Gasteiger partial charge is 0.495 e. The quantitative estimate of drug-likeness (QED) is 0.753. The molecule has 0 atom stereocenters. The van der Waals surface area contributed by atoms with E-state index in [1.807, 2.05) is 45.9 Å². The highest BCUT2D eigenvalue weighted by Gasteiger charge is 2.52. The highest BCUT2D eigenvalue weighted by molar-refractivity contribution is 6.65. The van der Waals surface area contributed by atoms with E-state index in [1.54, 1.807) is 12.3 Å². The van der Waals surface area contributed by atoms with Crippen molar-refractivity contribution in [2.45, 2.75) is 38.9 Å².